The number of nitrogens with zero attached hydrogens (tertiary/aromatic N) is 5. The predicted molar refractivity (Wildman–Crippen MR) is 140 cm³/mol. The third kappa shape index (κ3) is 4.38. The van der Waals surface area contributed by atoms with Gasteiger partial charge in [-0.15, -0.1) is 12.6 Å². The Balaban J connectivity index is 1.34. The van der Waals surface area contributed by atoms with Crippen molar-refractivity contribution in [1.82, 2.24) is 19.9 Å². The summed E-state index contributed by atoms with van der Waals surface area (Å²) in [5, 5.41) is 2.96. The van der Waals surface area contributed by atoms with Gasteiger partial charge in [0.1, 0.15) is 11.3 Å². The van der Waals surface area contributed by atoms with Crippen LogP contribution in [0.3, 0.4) is 0 Å². The maximum Gasteiger partial charge on any atom is 0.321 e. The first-order valence-electron chi connectivity index (χ1n) is 11.2. The highest BCUT2D eigenvalue weighted by Crippen LogP contribution is 2.33. The Morgan fingerprint density at radius 3 is 2.41 bits per heavy atom. The number of urea groups is 1. The van der Waals surface area contributed by atoms with Gasteiger partial charge in [0.25, 0.3) is 0 Å². The summed E-state index contributed by atoms with van der Waals surface area (Å²) in [6.45, 7) is 2.62. The molecular formula is C25H27N7OS. The van der Waals surface area contributed by atoms with E-state index in [1.807, 2.05) is 49.3 Å². The summed E-state index contributed by atoms with van der Waals surface area (Å²) >= 11 is 4.70. The molecule has 8 nitrogen and oxygen atoms in total. The van der Waals surface area contributed by atoms with Crippen molar-refractivity contribution >= 4 is 46.9 Å². The smallest absolute Gasteiger partial charge is 0.321 e. The van der Waals surface area contributed by atoms with Gasteiger partial charge in [-0.05, 0) is 36.4 Å². The van der Waals surface area contributed by atoms with Gasteiger partial charge in [0.2, 0.25) is 0 Å². The maximum atomic E-state index is 12.7. The van der Waals surface area contributed by atoms with E-state index in [0.717, 1.165) is 38.9 Å². The van der Waals surface area contributed by atoms with Crippen LogP contribution >= 0.6 is 12.6 Å². The number of imidazole rings is 1. The third-order valence-corrected chi connectivity index (χ3v) is 6.37. The van der Waals surface area contributed by atoms with Gasteiger partial charge in [-0.3, -0.25) is 0 Å². The monoisotopic (exact) mass is 473 g/mol. The Morgan fingerprint density at radius 1 is 1.03 bits per heavy atom. The van der Waals surface area contributed by atoms with Crippen molar-refractivity contribution in [3.63, 3.8) is 0 Å². The number of carbonyl (C=O) groups excluding carboxylic acids is 1. The zero-order chi connectivity index (χ0) is 23.7. The third-order valence-electron chi connectivity index (χ3n) is 6.04. The lowest BCUT2D eigenvalue weighted by atomic mass is 10.2. The number of anilines is 3. The van der Waals surface area contributed by atoms with Gasteiger partial charge in [0, 0.05) is 68.3 Å². The Hall–Kier alpha value is -3.72. The van der Waals surface area contributed by atoms with Crippen molar-refractivity contribution in [3.8, 4) is 11.4 Å². The Kier molecular flexibility index (Phi) is 6.02. The van der Waals surface area contributed by atoms with Crippen LogP contribution in [0.4, 0.5) is 21.9 Å². The van der Waals surface area contributed by atoms with Crippen LogP contribution in [0.5, 0.6) is 0 Å². The molecule has 0 spiro atoms. The second-order valence-electron chi connectivity index (χ2n) is 8.49. The number of rotatable bonds is 4. The van der Waals surface area contributed by atoms with E-state index in [-0.39, 0.29) is 6.03 Å². The zero-order valence-electron chi connectivity index (χ0n) is 19.2. The van der Waals surface area contributed by atoms with Crippen molar-refractivity contribution < 1.29 is 4.79 Å². The standard InChI is InChI=1S/C25H27N7OS/c1-30(2)19-10-8-17(9-11-19)23-28-21-22(20(34)16-26-24(21)29-23)31-12-14-32(15-13-31)25(33)27-18-6-4-3-5-7-18/h3-11,16,34H,12-15H2,1-2H3,(H,27,33)(H,26,28,29). The summed E-state index contributed by atoms with van der Waals surface area (Å²) in [5.74, 6) is 0.772. The molecular weight excluding hydrogens is 446 g/mol. The predicted octanol–water partition coefficient (Wildman–Crippen LogP) is 4.33. The largest absolute Gasteiger partial charge is 0.378 e. The normalized spacial score (nSPS) is 13.9. The molecule has 2 N–H and O–H groups in total. The number of amides is 2. The van der Waals surface area contributed by atoms with Crippen molar-refractivity contribution in [2.75, 3.05) is 55.4 Å². The van der Waals surface area contributed by atoms with E-state index in [0.29, 0.717) is 31.8 Å². The van der Waals surface area contributed by atoms with E-state index >= 15 is 0 Å². The molecule has 0 unspecified atom stereocenters. The lowest BCUT2D eigenvalue weighted by Crippen LogP contribution is -2.50. The molecule has 1 fully saturated rings. The maximum absolute atomic E-state index is 12.7. The van der Waals surface area contributed by atoms with Gasteiger partial charge < -0.3 is 25.0 Å². The number of nitrogens with one attached hydrogen (secondary N) is 2. The van der Waals surface area contributed by atoms with E-state index in [1.165, 1.54) is 0 Å². The van der Waals surface area contributed by atoms with Crippen LogP contribution in [-0.4, -0.2) is 66.2 Å². The molecule has 9 heteroatoms. The number of para-hydroxylation sites is 1. The molecule has 5 rings (SSSR count). The number of aromatic amines is 1. The molecule has 2 amide bonds. The van der Waals surface area contributed by atoms with Gasteiger partial charge in [0.05, 0.1) is 5.69 Å². The fraction of sp³-hybridized carbons (Fsp3) is 0.240. The highest BCUT2D eigenvalue weighted by Gasteiger charge is 2.25. The molecule has 0 radical (unpaired) electrons. The number of benzene rings is 2. The highest BCUT2D eigenvalue weighted by molar-refractivity contribution is 7.80. The molecule has 2 aromatic heterocycles. The molecule has 1 aliphatic heterocycles. The quantitative estimate of drug-likeness (QED) is 0.385. The minimum absolute atomic E-state index is 0.0816. The van der Waals surface area contributed by atoms with Gasteiger partial charge in [0.15, 0.2) is 5.65 Å². The van der Waals surface area contributed by atoms with Crippen LogP contribution < -0.4 is 15.1 Å². The number of pyridine rings is 1. The topological polar surface area (TPSA) is 80.4 Å². The number of hydrogen-bond acceptors (Lipinski definition) is 6. The molecule has 0 saturated carbocycles. The summed E-state index contributed by atoms with van der Waals surface area (Å²) < 4.78 is 0. The van der Waals surface area contributed by atoms with Crippen LogP contribution in [0, 0.1) is 0 Å². The fourth-order valence-corrected chi connectivity index (χ4v) is 4.48. The lowest BCUT2D eigenvalue weighted by molar-refractivity contribution is 0.208. The zero-order valence-corrected chi connectivity index (χ0v) is 20.1. The Bertz CT molecular complexity index is 1300. The first-order valence-corrected chi connectivity index (χ1v) is 11.7. The number of aromatic nitrogens is 3. The lowest BCUT2D eigenvalue weighted by Gasteiger charge is -2.36. The van der Waals surface area contributed by atoms with Crippen molar-refractivity contribution in [2.45, 2.75) is 4.90 Å². The Labute approximate surface area is 204 Å². The number of thiol groups is 1. The van der Waals surface area contributed by atoms with Crippen molar-refractivity contribution in [3.05, 3.63) is 60.8 Å². The minimum atomic E-state index is -0.0816. The SMILES string of the molecule is CN(C)c1ccc(-c2nc3ncc(S)c(N4CCN(C(=O)Nc5ccccc5)CC4)c3[nH]2)cc1. The second-order valence-corrected chi connectivity index (χ2v) is 8.97. The Morgan fingerprint density at radius 2 is 1.74 bits per heavy atom. The summed E-state index contributed by atoms with van der Waals surface area (Å²) in [7, 11) is 4.04. The number of piperazine rings is 1. The molecule has 174 valence electrons. The van der Waals surface area contributed by atoms with E-state index in [9.17, 15) is 4.79 Å². The van der Waals surface area contributed by atoms with Crippen molar-refractivity contribution in [1.29, 1.82) is 0 Å². The van der Waals surface area contributed by atoms with Gasteiger partial charge in [-0.2, -0.15) is 0 Å². The van der Waals surface area contributed by atoms with Crippen LogP contribution in [-0.2, 0) is 0 Å². The summed E-state index contributed by atoms with van der Waals surface area (Å²) in [4.78, 5) is 32.3. The van der Waals surface area contributed by atoms with Gasteiger partial charge in [-0.1, -0.05) is 18.2 Å². The number of fused-ring (bicyclic) bond motifs is 1. The average molecular weight is 474 g/mol. The molecule has 2 aromatic carbocycles. The summed E-state index contributed by atoms with van der Waals surface area (Å²) in [6, 6.07) is 17.7. The molecule has 0 atom stereocenters. The second kappa shape index (κ2) is 9.26. The molecule has 3 heterocycles. The van der Waals surface area contributed by atoms with E-state index < -0.39 is 0 Å². The molecule has 0 bridgehead atoms. The molecule has 1 saturated heterocycles. The van der Waals surface area contributed by atoms with E-state index in [1.54, 1.807) is 6.20 Å². The van der Waals surface area contributed by atoms with Crippen molar-refractivity contribution in [2.24, 2.45) is 0 Å². The molecule has 34 heavy (non-hydrogen) atoms. The number of carbonyl (C=O) groups is 1. The average Bonchev–Trinajstić information content (AvgIpc) is 3.29. The molecule has 4 aromatic rings. The first-order chi connectivity index (χ1) is 16.5. The van der Waals surface area contributed by atoms with Crippen LogP contribution in [0.15, 0.2) is 65.7 Å². The fourth-order valence-electron chi connectivity index (χ4n) is 4.17. The number of hydrogen-bond donors (Lipinski definition) is 3. The molecule has 1 aliphatic rings. The first kappa shape index (κ1) is 22.1. The van der Waals surface area contributed by atoms with E-state index in [4.69, 9.17) is 17.6 Å². The summed E-state index contributed by atoms with van der Waals surface area (Å²) in [5.41, 5.74) is 5.42. The van der Waals surface area contributed by atoms with Gasteiger partial charge >= 0.3 is 6.03 Å². The number of H-pyrrole nitrogens is 1. The molecule has 0 aliphatic carbocycles. The van der Waals surface area contributed by atoms with Crippen LogP contribution in [0.25, 0.3) is 22.6 Å². The van der Waals surface area contributed by atoms with Gasteiger partial charge in [-0.25, -0.2) is 14.8 Å². The van der Waals surface area contributed by atoms with Crippen LogP contribution in [0.2, 0.25) is 0 Å². The van der Waals surface area contributed by atoms with E-state index in [2.05, 4.69) is 49.4 Å². The van der Waals surface area contributed by atoms with Crippen LogP contribution in [0.1, 0.15) is 0 Å². The highest BCUT2D eigenvalue weighted by atomic mass is 32.1. The summed E-state index contributed by atoms with van der Waals surface area (Å²) in [6.07, 6.45) is 1.75. The minimum Gasteiger partial charge on any atom is -0.378 e.